The van der Waals surface area contributed by atoms with Gasteiger partial charge in [0.15, 0.2) is 0 Å². The molecule has 3 atom stereocenters. The van der Waals surface area contributed by atoms with E-state index in [1.54, 1.807) is 0 Å². The molecule has 0 aliphatic carbocycles. The zero-order chi connectivity index (χ0) is 6.15. The molecule has 1 saturated heterocycles. The molecular weight excluding hydrogens is 98.1 g/mol. The van der Waals surface area contributed by atoms with Gasteiger partial charge in [-0.05, 0) is 25.3 Å². The Hall–Kier alpha value is -0.0400. The standard InChI is InChI=1S/C7H15N/c1-5-4-8-7(3)6(5)2/h5-8H,4H2,1-3H3. The lowest BCUT2D eigenvalue weighted by atomic mass is 9.95. The Labute approximate surface area is 51.5 Å². The minimum Gasteiger partial charge on any atom is -0.314 e. The summed E-state index contributed by atoms with van der Waals surface area (Å²) < 4.78 is 0. The Bertz CT molecular complexity index is 70.5. The maximum atomic E-state index is 3.42. The van der Waals surface area contributed by atoms with Crippen LogP contribution in [0.4, 0.5) is 0 Å². The topological polar surface area (TPSA) is 12.0 Å². The van der Waals surface area contributed by atoms with Gasteiger partial charge in [-0.2, -0.15) is 0 Å². The molecule has 1 rings (SSSR count). The molecule has 1 aliphatic heterocycles. The molecule has 0 amide bonds. The second-order valence-corrected chi connectivity index (χ2v) is 3.03. The van der Waals surface area contributed by atoms with Gasteiger partial charge in [0.25, 0.3) is 0 Å². The van der Waals surface area contributed by atoms with E-state index in [0.29, 0.717) is 0 Å². The first-order valence-electron chi connectivity index (χ1n) is 3.45. The van der Waals surface area contributed by atoms with Gasteiger partial charge < -0.3 is 5.32 Å². The van der Waals surface area contributed by atoms with Crippen LogP contribution in [-0.4, -0.2) is 12.6 Å². The van der Waals surface area contributed by atoms with Crippen LogP contribution in [0.2, 0.25) is 0 Å². The zero-order valence-electron chi connectivity index (χ0n) is 5.94. The number of rotatable bonds is 0. The van der Waals surface area contributed by atoms with E-state index < -0.39 is 0 Å². The second-order valence-electron chi connectivity index (χ2n) is 3.03. The van der Waals surface area contributed by atoms with Gasteiger partial charge in [0.1, 0.15) is 0 Å². The van der Waals surface area contributed by atoms with Crippen molar-refractivity contribution in [2.45, 2.75) is 26.8 Å². The van der Waals surface area contributed by atoms with Crippen LogP contribution in [0.15, 0.2) is 0 Å². The third-order valence-corrected chi connectivity index (χ3v) is 2.45. The summed E-state index contributed by atoms with van der Waals surface area (Å²) in [6, 6.07) is 0.741. The minimum atomic E-state index is 0.741. The first-order chi connectivity index (χ1) is 3.72. The minimum absolute atomic E-state index is 0.741. The van der Waals surface area contributed by atoms with Crippen molar-refractivity contribution in [3.8, 4) is 0 Å². The summed E-state index contributed by atoms with van der Waals surface area (Å²) in [6.07, 6.45) is 0. The highest BCUT2D eigenvalue weighted by Crippen LogP contribution is 2.19. The van der Waals surface area contributed by atoms with Crippen molar-refractivity contribution in [3.05, 3.63) is 0 Å². The highest BCUT2D eigenvalue weighted by Gasteiger charge is 2.24. The molecule has 1 aliphatic rings. The molecule has 8 heavy (non-hydrogen) atoms. The Morgan fingerprint density at radius 2 is 1.88 bits per heavy atom. The lowest BCUT2D eigenvalue weighted by Gasteiger charge is -2.10. The van der Waals surface area contributed by atoms with E-state index >= 15 is 0 Å². The molecule has 0 radical (unpaired) electrons. The number of hydrogen-bond acceptors (Lipinski definition) is 1. The van der Waals surface area contributed by atoms with E-state index in [4.69, 9.17) is 0 Å². The third kappa shape index (κ3) is 0.873. The summed E-state index contributed by atoms with van der Waals surface area (Å²) in [5.41, 5.74) is 0. The van der Waals surface area contributed by atoms with Gasteiger partial charge in [-0.25, -0.2) is 0 Å². The van der Waals surface area contributed by atoms with Crippen LogP contribution in [0.25, 0.3) is 0 Å². The highest BCUT2D eigenvalue weighted by molar-refractivity contribution is 4.81. The first kappa shape index (κ1) is 6.09. The summed E-state index contributed by atoms with van der Waals surface area (Å²) in [7, 11) is 0. The van der Waals surface area contributed by atoms with E-state index in [1.807, 2.05) is 0 Å². The van der Waals surface area contributed by atoms with Gasteiger partial charge >= 0.3 is 0 Å². The number of nitrogens with one attached hydrogen (secondary N) is 1. The molecular formula is C7H15N. The quantitative estimate of drug-likeness (QED) is 0.498. The molecule has 1 nitrogen and oxygen atoms in total. The van der Waals surface area contributed by atoms with Crippen molar-refractivity contribution in [3.63, 3.8) is 0 Å². The molecule has 3 unspecified atom stereocenters. The van der Waals surface area contributed by atoms with E-state index in [9.17, 15) is 0 Å². The molecule has 0 aromatic rings. The molecule has 1 fully saturated rings. The van der Waals surface area contributed by atoms with Crippen molar-refractivity contribution in [1.29, 1.82) is 0 Å². The summed E-state index contributed by atoms with van der Waals surface area (Å²) >= 11 is 0. The van der Waals surface area contributed by atoms with E-state index in [2.05, 4.69) is 26.1 Å². The number of hydrogen-bond donors (Lipinski definition) is 1. The molecule has 0 aromatic heterocycles. The van der Waals surface area contributed by atoms with Gasteiger partial charge in [-0.15, -0.1) is 0 Å². The average Bonchev–Trinajstić information content (AvgIpc) is 1.98. The lowest BCUT2D eigenvalue weighted by molar-refractivity contribution is 0.436. The molecule has 48 valence electrons. The Balaban J connectivity index is 2.44. The van der Waals surface area contributed by atoms with E-state index in [-0.39, 0.29) is 0 Å². The summed E-state index contributed by atoms with van der Waals surface area (Å²) in [6.45, 7) is 8.09. The fraction of sp³-hybridized carbons (Fsp3) is 1.00. The van der Waals surface area contributed by atoms with Crippen molar-refractivity contribution in [2.75, 3.05) is 6.54 Å². The molecule has 0 aromatic carbocycles. The largest absolute Gasteiger partial charge is 0.314 e. The Kier molecular flexibility index (Phi) is 1.57. The van der Waals surface area contributed by atoms with Gasteiger partial charge in [-0.3, -0.25) is 0 Å². The zero-order valence-corrected chi connectivity index (χ0v) is 5.94. The van der Waals surface area contributed by atoms with Gasteiger partial charge in [0.05, 0.1) is 0 Å². The van der Waals surface area contributed by atoms with Gasteiger partial charge in [0.2, 0.25) is 0 Å². The van der Waals surface area contributed by atoms with Gasteiger partial charge in [-0.1, -0.05) is 13.8 Å². The molecule has 0 saturated carbocycles. The van der Waals surface area contributed by atoms with Crippen molar-refractivity contribution >= 4 is 0 Å². The van der Waals surface area contributed by atoms with Crippen LogP contribution in [-0.2, 0) is 0 Å². The fourth-order valence-corrected chi connectivity index (χ4v) is 1.24. The van der Waals surface area contributed by atoms with Crippen molar-refractivity contribution < 1.29 is 0 Å². The van der Waals surface area contributed by atoms with Crippen LogP contribution in [0.1, 0.15) is 20.8 Å². The van der Waals surface area contributed by atoms with E-state index in [1.165, 1.54) is 6.54 Å². The highest BCUT2D eigenvalue weighted by atomic mass is 14.9. The summed E-state index contributed by atoms with van der Waals surface area (Å²) in [5.74, 6) is 1.75. The van der Waals surface area contributed by atoms with Crippen LogP contribution < -0.4 is 5.32 Å². The van der Waals surface area contributed by atoms with Crippen molar-refractivity contribution in [2.24, 2.45) is 11.8 Å². The predicted octanol–water partition coefficient (Wildman–Crippen LogP) is 1.25. The Morgan fingerprint density at radius 1 is 1.25 bits per heavy atom. The Morgan fingerprint density at radius 3 is 2.00 bits per heavy atom. The van der Waals surface area contributed by atoms with E-state index in [0.717, 1.165) is 17.9 Å². The molecule has 0 spiro atoms. The average molecular weight is 113 g/mol. The lowest BCUT2D eigenvalue weighted by Crippen LogP contribution is -2.20. The maximum Gasteiger partial charge on any atom is 0.00674 e. The molecule has 1 N–H and O–H groups in total. The molecule has 1 heterocycles. The normalized spacial score (nSPS) is 47.6. The van der Waals surface area contributed by atoms with Crippen LogP contribution in [0.3, 0.4) is 0 Å². The summed E-state index contributed by atoms with van der Waals surface area (Å²) in [5, 5.41) is 3.42. The fourth-order valence-electron chi connectivity index (χ4n) is 1.24. The predicted molar refractivity (Wildman–Crippen MR) is 35.8 cm³/mol. The SMILES string of the molecule is CC1CNC(C)C1C. The summed E-state index contributed by atoms with van der Waals surface area (Å²) in [4.78, 5) is 0. The van der Waals surface area contributed by atoms with Gasteiger partial charge in [0, 0.05) is 6.04 Å². The monoisotopic (exact) mass is 113 g/mol. The van der Waals surface area contributed by atoms with Crippen molar-refractivity contribution in [1.82, 2.24) is 5.32 Å². The third-order valence-electron chi connectivity index (χ3n) is 2.45. The molecule has 1 heteroatoms. The van der Waals surface area contributed by atoms with Crippen LogP contribution >= 0.6 is 0 Å². The smallest absolute Gasteiger partial charge is 0.00674 e. The van der Waals surface area contributed by atoms with Crippen LogP contribution in [0, 0.1) is 11.8 Å². The first-order valence-corrected chi connectivity index (χ1v) is 3.45. The van der Waals surface area contributed by atoms with Crippen LogP contribution in [0.5, 0.6) is 0 Å². The second kappa shape index (κ2) is 2.06. The molecule has 0 bridgehead atoms. The maximum absolute atomic E-state index is 3.42.